The van der Waals surface area contributed by atoms with Gasteiger partial charge >= 0.3 is 5.97 Å². The van der Waals surface area contributed by atoms with Crippen molar-refractivity contribution in [3.8, 4) is 11.5 Å². The summed E-state index contributed by atoms with van der Waals surface area (Å²) in [6.07, 6.45) is 15.8. The van der Waals surface area contributed by atoms with E-state index in [1.54, 1.807) is 6.20 Å². The lowest BCUT2D eigenvalue weighted by Gasteiger charge is -2.21. The highest BCUT2D eigenvalue weighted by atomic mass is 16.5. The van der Waals surface area contributed by atoms with E-state index >= 15 is 0 Å². The highest BCUT2D eigenvalue weighted by molar-refractivity contribution is 5.92. The number of pyridine rings is 1. The molecular formula is C31H37N3O5. The smallest absolute Gasteiger partial charge is 0.303 e. The van der Waals surface area contributed by atoms with Crippen molar-refractivity contribution < 1.29 is 23.8 Å². The van der Waals surface area contributed by atoms with Crippen LogP contribution in [0.5, 0.6) is 0 Å². The minimum Gasteiger partial charge on any atom is -0.481 e. The van der Waals surface area contributed by atoms with Crippen molar-refractivity contribution in [2.75, 3.05) is 19.8 Å². The summed E-state index contributed by atoms with van der Waals surface area (Å²) in [6, 6.07) is 11.7. The number of ether oxygens (including phenoxy) is 1. The molecule has 8 nitrogen and oxygen atoms in total. The van der Waals surface area contributed by atoms with Crippen LogP contribution in [0.4, 0.5) is 0 Å². The molecule has 4 rings (SSSR count). The Hall–Kier alpha value is -3.78. The number of aliphatic carboxylic acids is 1. The molecule has 0 atom stereocenters. The zero-order chi connectivity index (χ0) is 27.3. The lowest BCUT2D eigenvalue weighted by Crippen LogP contribution is -2.28. The molecular weight excluding hydrogens is 494 g/mol. The van der Waals surface area contributed by atoms with Crippen LogP contribution in [-0.4, -0.2) is 46.7 Å². The second-order valence-electron chi connectivity index (χ2n) is 9.95. The van der Waals surface area contributed by atoms with Gasteiger partial charge in [-0.05, 0) is 67.4 Å². The van der Waals surface area contributed by atoms with Gasteiger partial charge in [-0.2, -0.15) is 0 Å². The number of unbranched alkanes of at least 4 members (excludes halogenated alkanes) is 2. The first-order chi connectivity index (χ1) is 19.1. The van der Waals surface area contributed by atoms with Gasteiger partial charge in [-0.3, -0.25) is 14.6 Å². The molecule has 3 aromatic rings. The lowest BCUT2D eigenvalue weighted by molar-refractivity contribution is -0.137. The van der Waals surface area contributed by atoms with Crippen LogP contribution in [-0.2, 0) is 9.53 Å². The second-order valence-corrected chi connectivity index (χ2v) is 9.95. The van der Waals surface area contributed by atoms with Gasteiger partial charge < -0.3 is 19.6 Å². The van der Waals surface area contributed by atoms with E-state index in [-0.39, 0.29) is 18.0 Å². The number of carboxylic acids is 1. The number of nitrogens with one attached hydrogen (secondary N) is 1. The summed E-state index contributed by atoms with van der Waals surface area (Å²) < 4.78 is 11.4. The highest BCUT2D eigenvalue weighted by Crippen LogP contribution is 2.27. The molecule has 0 spiro atoms. The zero-order valence-electron chi connectivity index (χ0n) is 22.3. The Morgan fingerprint density at radius 2 is 1.90 bits per heavy atom. The van der Waals surface area contributed by atoms with Crippen LogP contribution >= 0.6 is 0 Å². The Balaban J connectivity index is 1.32. The molecule has 0 aliphatic heterocycles. The minimum atomic E-state index is -0.770. The van der Waals surface area contributed by atoms with Crippen molar-refractivity contribution in [3.05, 3.63) is 78.0 Å². The van der Waals surface area contributed by atoms with Crippen LogP contribution in [0.3, 0.4) is 0 Å². The largest absolute Gasteiger partial charge is 0.481 e. The van der Waals surface area contributed by atoms with Crippen molar-refractivity contribution >= 4 is 17.4 Å². The van der Waals surface area contributed by atoms with E-state index in [0.29, 0.717) is 31.4 Å². The van der Waals surface area contributed by atoms with Gasteiger partial charge in [-0.1, -0.05) is 43.5 Å². The number of carbonyl (C=O) groups is 2. The van der Waals surface area contributed by atoms with Gasteiger partial charge in [-0.15, -0.1) is 0 Å². The molecule has 0 bridgehead atoms. The first-order valence-electron chi connectivity index (χ1n) is 13.8. The molecule has 0 unspecified atom stereocenters. The lowest BCUT2D eigenvalue weighted by atomic mass is 9.90. The van der Waals surface area contributed by atoms with Gasteiger partial charge in [-0.25, -0.2) is 4.98 Å². The molecule has 2 N–H and O–H groups in total. The van der Waals surface area contributed by atoms with Crippen molar-refractivity contribution in [3.63, 3.8) is 0 Å². The van der Waals surface area contributed by atoms with Gasteiger partial charge in [0.05, 0.1) is 6.61 Å². The fraction of sp³-hybridized carbons (Fsp3) is 0.419. The Kier molecular flexibility index (Phi) is 10.8. The summed E-state index contributed by atoms with van der Waals surface area (Å²) in [4.78, 5) is 31.9. The Labute approximate surface area is 229 Å². The molecule has 0 saturated heterocycles. The van der Waals surface area contributed by atoms with Crippen molar-refractivity contribution in [2.45, 2.75) is 57.8 Å². The average molecular weight is 532 g/mol. The van der Waals surface area contributed by atoms with Gasteiger partial charge in [0.1, 0.15) is 6.26 Å². The van der Waals surface area contributed by atoms with E-state index < -0.39 is 5.97 Å². The van der Waals surface area contributed by atoms with Crippen LogP contribution < -0.4 is 5.32 Å². The monoisotopic (exact) mass is 531 g/mol. The molecule has 1 aliphatic carbocycles. The van der Waals surface area contributed by atoms with E-state index in [9.17, 15) is 9.59 Å². The summed E-state index contributed by atoms with van der Waals surface area (Å²) in [6.45, 7) is 1.69. The Morgan fingerprint density at radius 1 is 1.08 bits per heavy atom. The summed E-state index contributed by atoms with van der Waals surface area (Å²) in [7, 11) is 0. The maximum atomic E-state index is 12.5. The van der Waals surface area contributed by atoms with Crippen LogP contribution in [0.2, 0.25) is 0 Å². The van der Waals surface area contributed by atoms with Gasteiger partial charge in [0.2, 0.25) is 5.89 Å². The molecule has 8 heteroatoms. The third kappa shape index (κ3) is 8.89. The number of amides is 1. The molecule has 1 saturated carbocycles. The third-order valence-electron chi connectivity index (χ3n) is 6.96. The molecule has 39 heavy (non-hydrogen) atoms. The fourth-order valence-corrected chi connectivity index (χ4v) is 4.83. The Bertz CT molecular complexity index is 1210. The SMILES string of the molecule is O=C(O)CCCCC=C(c1ccc(-c2nc(C(=O)NCCOCC3CCCCC3)co2)cc1)c1cccnc1. The number of benzene rings is 1. The predicted molar refractivity (Wildman–Crippen MR) is 149 cm³/mol. The molecule has 1 aliphatic rings. The number of rotatable bonds is 14. The van der Waals surface area contributed by atoms with E-state index in [0.717, 1.165) is 41.7 Å². The standard InChI is InChI=1S/C31H37N3O5/c35-29(36)12-6-2-5-11-27(26-10-7-17-32-20-26)24-13-15-25(16-14-24)31-34-28(22-39-31)30(37)33-18-19-38-21-23-8-3-1-4-9-23/h7,10-11,13-17,20,22-23H,1-6,8-9,12,18-19,21H2,(H,33,37)(H,35,36). The van der Waals surface area contributed by atoms with Crippen LogP contribution in [0.15, 0.2) is 65.5 Å². The number of hydrogen-bond donors (Lipinski definition) is 2. The van der Waals surface area contributed by atoms with Crippen molar-refractivity contribution in [2.24, 2.45) is 5.92 Å². The van der Waals surface area contributed by atoms with Gasteiger partial charge in [0.25, 0.3) is 5.91 Å². The van der Waals surface area contributed by atoms with Gasteiger partial charge in [0.15, 0.2) is 5.69 Å². The summed E-state index contributed by atoms with van der Waals surface area (Å²) in [5.41, 5.74) is 4.02. The van der Waals surface area contributed by atoms with Crippen LogP contribution in [0.25, 0.3) is 17.0 Å². The first-order valence-corrected chi connectivity index (χ1v) is 13.8. The summed E-state index contributed by atoms with van der Waals surface area (Å²) >= 11 is 0. The highest BCUT2D eigenvalue weighted by Gasteiger charge is 2.15. The minimum absolute atomic E-state index is 0.176. The van der Waals surface area contributed by atoms with Crippen molar-refractivity contribution in [1.29, 1.82) is 0 Å². The van der Waals surface area contributed by atoms with E-state index in [1.807, 2.05) is 42.6 Å². The number of oxazole rings is 1. The predicted octanol–water partition coefficient (Wildman–Crippen LogP) is 6.14. The molecule has 0 radical (unpaired) electrons. The number of hydrogen-bond acceptors (Lipinski definition) is 6. The molecule has 1 amide bonds. The number of carbonyl (C=O) groups excluding carboxylic acids is 1. The second kappa shape index (κ2) is 15.0. The molecule has 206 valence electrons. The number of aromatic nitrogens is 2. The summed E-state index contributed by atoms with van der Waals surface area (Å²) in [5.74, 6) is -0.0276. The average Bonchev–Trinajstić information content (AvgIpc) is 3.46. The van der Waals surface area contributed by atoms with E-state index in [1.165, 1.54) is 38.4 Å². The maximum Gasteiger partial charge on any atom is 0.303 e. The van der Waals surface area contributed by atoms with E-state index in [4.69, 9.17) is 14.3 Å². The first kappa shape index (κ1) is 28.2. The number of nitrogens with zero attached hydrogens (tertiary/aromatic N) is 2. The molecule has 1 aromatic carbocycles. The maximum absolute atomic E-state index is 12.5. The normalized spacial score (nSPS) is 14.3. The van der Waals surface area contributed by atoms with Gasteiger partial charge in [0, 0.05) is 43.1 Å². The topological polar surface area (TPSA) is 115 Å². The van der Waals surface area contributed by atoms with Crippen LogP contribution in [0.1, 0.15) is 79.4 Å². The van der Waals surface area contributed by atoms with Crippen LogP contribution in [0, 0.1) is 5.92 Å². The fourth-order valence-electron chi connectivity index (χ4n) is 4.83. The molecule has 2 heterocycles. The molecule has 2 aromatic heterocycles. The number of allylic oxidation sites excluding steroid dienone is 1. The number of carboxylic acid groups (broad SMARTS) is 1. The quantitative estimate of drug-likeness (QED) is 0.240. The Morgan fingerprint density at radius 3 is 2.64 bits per heavy atom. The van der Waals surface area contributed by atoms with E-state index in [2.05, 4.69) is 21.4 Å². The summed E-state index contributed by atoms with van der Waals surface area (Å²) in [5, 5.41) is 11.7. The third-order valence-corrected chi connectivity index (χ3v) is 6.96. The molecule has 1 fully saturated rings. The van der Waals surface area contributed by atoms with Crippen molar-refractivity contribution in [1.82, 2.24) is 15.3 Å². The zero-order valence-corrected chi connectivity index (χ0v) is 22.3.